The second-order valence-electron chi connectivity index (χ2n) is 4.19. The first kappa shape index (κ1) is 14.7. The van der Waals surface area contributed by atoms with Crippen LogP contribution < -0.4 is 10.1 Å². The number of hydrogen-bond donors (Lipinski definition) is 1. The van der Waals surface area contributed by atoms with E-state index in [0.717, 1.165) is 0 Å². The van der Waals surface area contributed by atoms with E-state index in [9.17, 15) is 13.2 Å². The highest BCUT2D eigenvalue weighted by atomic mass is 19.1. The molecular weight excluding hydrogens is 281 g/mol. The summed E-state index contributed by atoms with van der Waals surface area (Å²) in [7, 11) is 0. The molecule has 2 aromatic carbocycles. The lowest BCUT2D eigenvalue weighted by Gasteiger charge is -2.10. The van der Waals surface area contributed by atoms with E-state index in [4.69, 9.17) is 10.00 Å². The summed E-state index contributed by atoms with van der Waals surface area (Å²) in [6.07, 6.45) is 0. The number of nitriles is 1. The van der Waals surface area contributed by atoms with Crippen molar-refractivity contribution >= 4 is 5.69 Å². The van der Waals surface area contributed by atoms with Crippen LogP contribution in [0.5, 0.6) is 5.75 Å². The van der Waals surface area contributed by atoms with Gasteiger partial charge in [-0.05, 0) is 17.7 Å². The first-order valence-electron chi connectivity index (χ1n) is 6.07. The molecule has 0 unspecified atom stereocenters. The van der Waals surface area contributed by atoms with Crippen LogP contribution in [0.2, 0.25) is 0 Å². The van der Waals surface area contributed by atoms with Gasteiger partial charge in [0.2, 0.25) is 0 Å². The molecule has 0 radical (unpaired) electrons. The van der Waals surface area contributed by atoms with E-state index in [-0.39, 0.29) is 18.8 Å². The first-order valence-corrected chi connectivity index (χ1v) is 6.07. The number of anilines is 1. The third-order valence-corrected chi connectivity index (χ3v) is 2.68. The average Bonchev–Trinajstić information content (AvgIpc) is 2.44. The van der Waals surface area contributed by atoms with Gasteiger partial charge in [-0.25, -0.2) is 13.2 Å². The zero-order chi connectivity index (χ0) is 15.2. The standard InChI is InChI=1S/C15H11F3N2O/c16-11-7-13(17)15(14(18)8-11)20-9-10-2-1-3-12(6-10)21-5-4-19/h1-3,6-8,20H,5,9H2. The molecule has 0 aliphatic carbocycles. The van der Waals surface area contributed by atoms with Crippen molar-refractivity contribution in [2.24, 2.45) is 0 Å². The molecular formula is C15H11F3N2O. The van der Waals surface area contributed by atoms with Crippen molar-refractivity contribution in [3.8, 4) is 11.8 Å². The summed E-state index contributed by atoms with van der Waals surface area (Å²) in [5.41, 5.74) is 0.313. The summed E-state index contributed by atoms with van der Waals surface area (Å²) in [5.74, 6) is -2.48. The Balaban J connectivity index is 2.08. The Labute approximate surface area is 119 Å². The molecule has 0 heterocycles. The quantitative estimate of drug-likeness (QED) is 0.915. The molecule has 1 N–H and O–H groups in total. The molecule has 0 saturated heterocycles. The minimum Gasteiger partial charge on any atom is -0.479 e. The van der Waals surface area contributed by atoms with Gasteiger partial charge in [-0.3, -0.25) is 0 Å². The maximum absolute atomic E-state index is 13.5. The number of benzene rings is 2. The number of nitrogens with one attached hydrogen (secondary N) is 1. The van der Waals surface area contributed by atoms with Crippen molar-refractivity contribution in [1.29, 1.82) is 5.26 Å². The normalized spacial score (nSPS) is 10.0. The first-order chi connectivity index (χ1) is 10.1. The summed E-state index contributed by atoms with van der Waals surface area (Å²) < 4.78 is 44.8. The molecule has 0 amide bonds. The van der Waals surface area contributed by atoms with Gasteiger partial charge in [0, 0.05) is 18.7 Å². The third-order valence-electron chi connectivity index (χ3n) is 2.68. The van der Waals surface area contributed by atoms with E-state index in [1.807, 2.05) is 6.07 Å². The van der Waals surface area contributed by atoms with E-state index in [1.165, 1.54) is 0 Å². The highest BCUT2D eigenvalue weighted by molar-refractivity contribution is 5.47. The lowest BCUT2D eigenvalue weighted by atomic mass is 10.2. The van der Waals surface area contributed by atoms with Gasteiger partial charge in [0.15, 0.2) is 18.2 Å². The number of hydrogen-bond acceptors (Lipinski definition) is 3. The van der Waals surface area contributed by atoms with Crippen LogP contribution in [0.1, 0.15) is 5.56 Å². The minimum absolute atomic E-state index is 0.0852. The number of halogens is 3. The Morgan fingerprint density at radius 1 is 1.10 bits per heavy atom. The van der Waals surface area contributed by atoms with Gasteiger partial charge < -0.3 is 10.1 Å². The highest BCUT2D eigenvalue weighted by Gasteiger charge is 2.11. The van der Waals surface area contributed by atoms with Crippen molar-refractivity contribution in [2.75, 3.05) is 11.9 Å². The zero-order valence-electron chi connectivity index (χ0n) is 10.9. The Morgan fingerprint density at radius 3 is 2.48 bits per heavy atom. The van der Waals surface area contributed by atoms with E-state index >= 15 is 0 Å². The summed E-state index contributed by atoms with van der Waals surface area (Å²) >= 11 is 0. The summed E-state index contributed by atoms with van der Waals surface area (Å²) in [6.45, 7) is 0.0430. The van der Waals surface area contributed by atoms with E-state index < -0.39 is 17.5 Å². The van der Waals surface area contributed by atoms with E-state index in [1.54, 1.807) is 24.3 Å². The lowest BCUT2D eigenvalue weighted by molar-refractivity contribution is 0.368. The second-order valence-corrected chi connectivity index (χ2v) is 4.19. The van der Waals surface area contributed by atoms with Crippen LogP contribution in [0.4, 0.5) is 18.9 Å². The van der Waals surface area contributed by atoms with Gasteiger partial charge in [-0.2, -0.15) is 5.26 Å². The molecule has 0 saturated carbocycles. The van der Waals surface area contributed by atoms with Gasteiger partial charge >= 0.3 is 0 Å². The molecule has 0 bridgehead atoms. The Morgan fingerprint density at radius 2 is 1.81 bits per heavy atom. The molecule has 3 nitrogen and oxygen atoms in total. The second kappa shape index (κ2) is 6.66. The largest absolute Gasteiger partial charge is 0.479 e. The van der Waals surface area contributed by atoms with Crippen molar-refractivity contribution < 1.29 is 17.9 Å². The van der Waals surface area contributed by atoms with Gasteiger partial charge in [0.05, 0.1) is 0 Å². The van der Waals surface area contributed by atoms with Crippen LogP contribution in [0.3, 0.4) is 0 Å². The zero-order valence-corrected chi connectivity index (χ0v) is 10.9. The molecule has 2 rings (SSSR count). The average molecular weight is 292 g/mol. The van der Waals surface area contributed by atoms with Crippen molar-refractivity contribution in [2.45, 2.75) is 6.54 Å². The molecule has 0 spiro atoms. The lowest BCUT2D eigenvalue weighted by Crippen LogP contribution is -2.05. The van der Waals surface area contributed by atoms with Crippen molar-refractivity contribution in [3.63, 3.8) is 0 Å². The van der Waals surface area contributed by atoms with Gasteiger partial charge in [-0.15, -0.1) is 0 Å². The summed E-state index contributed by atoms with van der Waals surface area (Å²) in [5, 5.41) is 11.0. The molecule has 108 valence electrons. The van der Waals surface area contributed by atoms with Crippen molar-refractivity contribution in [1.82, 2.24) is 0 Å². The fraction of sp³-hybridized carbons (Fsp3) is 0.133. The Bertz CT molecular complexity index is 660. The molecule has 21 heavy (non-hydrogen) atoms. The van der Waals surface area contributed by atoms with Crippen LogP contribution in [0.25, 0.3) is 0 Å². The van der Waals surface area contributed by atoms with E-state index in [2.05, 4.69) is 5.32 Å². The minimum atomic E-state index is -0.996. The van der Waals surface area contributed by atoms with E-state index in [0.29, 0.717) is 23.4 Å². The van der Waals surface area contributed by atoms with Gasteiger partial charge in [0.1, 0.15) is 23.3 Å². The maximum atomic E-state index is 13.5. The molecule has 0 aromatic heterocycles. The van der Waals surface area contributed by atoms with Crippen LogP contribution in [0, 0.1) is 28.8 Å². The predicted molar refractivity (Wildman–Crippen MR) is 71.2 cm³/mol. The Hall–Kier alpha value is -2.68. The van der Waals surface area contributed by atoms with Crippen LogP contribution >= 0.6 is 0 Å². The fourth-order valence-corrected chi connectivity index (χ4v) is 1.76. The molecule has 2 aromatic rings. The van der Waals surface area contributed by atoms with Crippen LogP contribution in [-0.4, -0.2) is 6.61 Å². The monoisotopic (exact) mass is 292 g/mol. The Kier molecular flexibility index (Phi) is 4.67. The molecule has 0 fully saturated rings. The fourth-order valence-electron chi connectivity index (χ4n) is 1.76. The predicted octanol–water partition coefficient (Wildman–Crippen LogP) is 3.62. The van der Waals surface area contributed by atoms with Gasteiger partial charge in [-0.1, -0.05) is 12.1 Å². The number of rotatable bonds is 5. The SMILES string of the molecule is N#CCOc1cccc(CNc2c(F)cc(F)cc2F)c1. The highest BCUT2D eigenvalue weighted by Crippen LogP contribution is 2.21. The number of ether oxygens (including phenoxy) is 1. The summed E-state index contributed by atoms with van der Waals surface area (Å²) in [4.78, 5) is 0. The van der Waals surface area contributed by atoms with Crippen LogP contribution in [0.15, 0.2) is 36.4 Å². The smallest absolute Gasteiger partial charge is 0.174 e. The van der Waals surface area contributed by atoms with Gasteiger partial charge in [0.25, 0.3) is 0 Å². The third kappa shape index (κ3) is 3.89. The molecule has 0 aliphatic rings. The maximum Gasteiger partial charge on any atom is 0.174 e. The summed E-state index contributed by atoms with van der Waals surface area (Å²) in [6, 6.07) is 9.79. The molecule has 6 heteroatoms. The number of nitrogens with zero attached hydrogens (tertiary/aromatic N) is 1. The molecule has 0 aliphatic heterocycles. The topological polar surface area (TPSA) is 45.0 Å². The molecule has 0 atom stereocenters. The van der Waals surface area contributed by atoms with Crippen LogP contribution in [-0.2, 0) is 6.54 Å². The van der Waals surface area contributed by atoms with Crippen molar-refractivity contribution in [3.05, 3.63) is 59.4 Å².